The second kappa shape index (κ2) is 7.56. The summed E-state index contributed by atoms with van der Waals surface area (Å²) >= 11 is 18.9. The van der Waals surface area contributed by atoms with Crippen LogP contribution < -0.4 is 0 Å². The molecular weight excluding hydrogens is 461 g/mol. The van der Waals surface area contributed by atoms with Crippen molar-refractivity contribution in [2.45, 2.75) is 6.42 Å². The smallest absolute Gasteiger partial charge is 0.162 e. The van der Waals surface area contributed by atoms with E-state index in [-0.39, 0.29) is 0 Å². The van der Waals surface area contributed by atoms with Gasteiger partial charge in [0.05, 0.1) is 38.0 Å². The first-order valence-corrected chi connectivity index (χ1v) is 11.3. The van der Waals surface area contributed by atoms with Crippen LogP contribution >= 0.6 is 34.8 Å². The topological polar surface area (TPSA) is 21.7 Å². The second-order valence-electron chi connectivity index (χ2n) is 7.75. The maximum absolute atomic E-state index is 6.43. The zero-order valence-electron chi connectivity index (χ0n) is 16.8. The van der Waals surface area contributed by atoms with Gasteiger partial charge in [0.1, 0.15) is 0 Å². The van der Waals surface area contributed by atoms with Crippen molar-refractivity contribution in [1.82, 2.24) is 13.8 Å². The van der Waals surface area contributed by atoms with Gasteiger partial charge < -0.3 is 4.40 Å². The summed E-state index contributed by atoms with van der Waals surface area (Å²) in [6, 6.07) is 26.2. The van der Waals surface area contributed by atoms with Crippen LogP contribution in [0.4, 0.5) is 0 Å². The Bertz CT molecular complexity index is 1610. The molecule has 0 radical (unpaired) electrons. The summed E-state index contributed by atoms with van der Waals surface area (Å²) in [5.41, 5.74) is 8.11. The fourth-order valence-electron chi connectivity index (χ4n) is 4.37. The van der Waals surface area contributed by atoms with Crippen LogP contribution in [0, 0.1) is 0 Å². The fourth-order valence-corrected chi connectivity index (χ4v) is 4.81. The van der Waals surface area contributed by atoms with Crippen LogP contribution in [0.15, 0.2) is 85.1 Å². The van der Waals surface area contributed by atoms with E-state index >= 15 is 0 Å². The molecule has 3 aromatic heterocycles. The van der Waals surface area contributed by atoms with E-state index in [2.05, 4.69) is 63.5 Å². The lowest BCUT2D eigenvalue weighted by molar-refractivity contribution is 0.981. The summed E-state index contributed by atoms with van der Waals surface area (Å²) < 4.78 is 4.43. The minimum Gasteiger partial charge on any atom is -0.315 e. The van der Waals surface area contributed by atoms with Crippen LogP contribution in [0.5, 0.6) is 0 Å². The molecule has 0 amide bonds. The lowest BCUT2D eigenvalue weighted by Crippen LogP contribution is -2.07. The molecule has 32 heavy (non-hydrogen) atoms. The summed E-state index contributed by atoms with van der Waals surface area (Å²) in [5, 5.41) is 1.73. The largest absolute Gasteiger partial charge is 0.315 e. The third-order valence-electron chi connectivity index (χ3n) is 5.79. The molecular formula is C26H16Cl3N3. The van der Waals surface area contributed by atoms with Crippen molar-refractivity contribution >= 4 is 57.0 Å². The lowest BCUT2D eigenvalue weighted by atomic mass is 10.0. The van der Waals surface area contributed by atoms with Crippen LogP contribution in [0.2, 0.25) is 15.1 Å². The third-order valence-corrected chi connectivity index (χ3v) is 6.77. The summed E-state index contributed by atoms with van der Waals surface area (Å²) in [4.78, 5) is 4.95. The molecule has 0 saturated heterocycles. The van der Waals surface area contributed by atoms with Crippen molar-refractivity contribution in [3.8, 4) is 11.3 Å². The van der Waals surface area contributed by atoms with E-state index in [0.717, 1.165) is 50.6 Å². The molecule has 3 nitrogen and oxygen atoms in total. The number of imidazole rings is 1. The van der Waals surface area contributed by atoms with Crippen molar-refractivity contribution in [3.05, 3.63) is 111 Å². The van der Waals surface area contributed by atoms with Gasteiger partial charge in [0.25, 0.3) is 0 Å². The highest BCUT2D eigenvalue weighted by molar-refractivity contribution is 6.42. The van der Waals surface area contributed by atoms with Gasteiger partial charge in [0.15, 0.2) is 5.65 Å². The first-order valence-electron chi connectivity index (χ1n) is 10.2. The molecule has 0 unspecified atom stereocenters. The molecule has 0 spiro atoms. The van der Waals surface area contributed by atoms with Gasteiger partial charge in [-0.15, -0.1) is 0 Å². The zero-order chi connectivity index (χ0) is 21.8. The lowest BCUT2D eigenvalue weighted by Gasteiger charge is -2.17. The van der Waals surface area contributed by atoms with Crippen molar-refractivity contribution in [1.29, 1.82) is 0 Å². The van der Waals surface area contributed by atoms with Gasteiger partial charge in [-0.25, -0.2) is 4.98 Å². The van der Waals surface area contributed by atoms with Gasteiger partial charge in [-0.2, -0.15) is 0 Å². The summed E-state index contributed by atoms with van der Waals surface area (Å²) in [6.45, 7) is 0. The Morgan fingerprint density at radius 1 is 0.750 bits per heavy atom. The molecule has 6 heteroatoms. The number of nitrogens with zero attached hydrogens (tertiary/aromatic N) is 3. The number of fused-ring (bicyclic) bond motifs is 5. The Morgan fingerprint density at radius 2 is 1.50 bits per heavy atom. The first kappa shape index (κ1) is 19.7. The summed E-state index contributed by atoms with van der Waals surface area (Å²) in [5.74, 6) is 0. The van der Waals surface area contributed by atoms with Crippen LogP contribution in [0.3, 0.4) is 0 Å². The third kappa shape index (κ3) is 3.08. The molecule has 0 N–H and O–H groups in total. The maximum Gasteiger partial charge on any atom is 0.162 e. The molecule has 0 saturated carbocycles. The molecule has 3 heterocycles. The predicted octanol–water partition coefficient (Wildman–Crippen LogP) is 7.96. The number of hydrogen-bond acceptors (Lipinski definition) is 1. The molecule has 0 aliphatic heterocycles. The van der Waals surface area contributed by atoms with E-state index in [1.54, 1.807) is 0 Å². The molecule has 0 fully saturated rings. The Kier molecular flexibility index (Phi) is 4.65. The van der Waals surface area contributed by atoms with E-state index in [4.69, 9.17) is 39.8 Å². The normalized spacial score (nSPS) is 11.7. The Hall–Kier alpha value is -2.98. The minimum absolute atomic E-state index is 0.497. The molecule has 0 bridgehead atoms. The van der Waals surface area contributed by atoms with Gasteiger partial charge in [0, 0.05) is 23.2 Å². The van der Waals surface area contributed by atoms with E-state index in [1.807, 2.05) is 30.3 Å². The first-order chi connectivity index (χ1) is 15.6. The van der Waals surface area contributed by atoms with Gasteiger partial charge in [-0.05, 0) is 42.0 Å². The van der Waals surface area contributed by atoms with Crippen LogP contribution in [-0.2, 0) is 6.42 Å². The average molecular weight is 477 g/mol. The summed E-state index contributed by atoms with van der Waals surface area (Å²) in [7, 11) is 0. The van der Waals surface area contributed by atoms with Gasteiger partial charge in [-0.1, -0.05) is 77.3 Å². The van der Waals surface area contributed by atoms with E-state index in [9.17, 15) is 0 Å². The van der Waals surface area contributed by atoms with Gasteiger partial charge in [0.2, 0.25) is 0 Å². The standard InChI is InChI=1S/C26H16Cl3N3/c27-18-10-8-16(9-11-18)13-24-25(17-5-2-1-3-6-17)32-23-15-20(29)19(28)14-21(23)30-26(32)22-7-4-12-31(22)24/h1-12,14-15H,13H2. The monoisotopic (exact) mass is 475 g/mol. The Labute approximate surface area is 199 Å². The minimum atomic E-state index is 0.497. The molecule has 0 aliphatic carbocycles. The quantitative estimate of drug-likeness (QED) is 0.254. The summed E-state index contributed by atoms with van der Waals surface area (Å²) in [6.07, 6.45) is 2.82. The molecule has 6 aromatic rings. The van der Waals surface area contributed by atoms with Crippen molar-refractivity contribution in [3.63, 3.8) is 0 Å². The highest BCUT2D eigenvalue weighted by Gasteiger charge is 2.20. The van der Waals surface area contributed by atoms with Crippen molar-refractivity contribution in [2.24, 2.45) is 0 Å². The van der Waals surface area contributed by atoms with E-state index in [1.165, 1.54) is 5.56 Å². The Balaban J connectivity index is 1.78. The molecule has 156 valence electrons. The fraction of sp³-hybridized carbons (Fsp3) is 0.0385. The number of hydrogen-bond donors (Lipinski definition) is 0. The van der Waals surface area contributed by atoms with Crippen molar-refractivity contribution in [2.75, 3.05) is 0 Å². The zero-order valence-corrected chi connectivity index (χ0v) is 19.0. The number of aromatic nitrogens is 3. The SMILES string of the molecule is Clc1ccc(Cc2c(-c3ccccc3)n3c4cc(Cl)c(Cl)cc4nc3c3cccn23)cc1. The second-order valence-corrected chi connectivity index (χ2v) is 9.00. The van der Waals surface area contributed by atoms with Gasteiger partial charge in [-0.3, -0.25) is 4.40 Å². The van der Waals surface area contributed by atoms with E-state index < -0.39 is 0 Å². The van der Waals surface area contributed by atoms with Crippen molar-refractivity contribution < 1.29 is 0 Å². The average Bonchev–Trinajstić information content (AvgIpc) is 3.42. The van der Waals surface area contributed by atoms with E-state index in [0.29, 0.717) is 10.0 Å². The Morgan fingerprint density at radius 3 is 2.28 bits per heavy atom. The van der Waals surface area contributed by atoms with Crippen LogP contribution in [0.1, 0.15) is 11.3 Å². The van der Waals surface area contributed by atoms with Crippen LogP contribution in [-0.4, -0.2) is 13.8 Å². The van der Waals surface area contributed by atoms with Crippen LogP contribution in [0.25, 0.3) is 33.5 Å². The predicted molar refractivity (Wildman–Crippen MR) is 133 cm³/mol. The highest BCUT2D eigenvalue weighted by Crippen LogP contribution is 2.35. The molecule has 0 atom stereocenters. The molecule has 3 aromatic carbocycles. The van der Waals surface area contributed by atoms with Gasteiger partial charge >= 0.3 is 0 Å². The molecule has 6 rings (SSSR count). The number of halogens is 3. The maximum atomic E-state index is 6.43. The number of rotatable bonds is 3. The number of benzene rings is 3. The molecule has 0 aliphatic rings. The highest BCUT2D eigenvalue weighted by atomic mass is 35.5.